The first kappa shape index (κ1) is 19.0. The second kappa shape index (κ2) is 8.77. The molecule has 1 N–H and O–H groups in total. The zero-order valence-corrected chi connectivity index (χ0v) is 15.7. The average Bonchev–Trinajstić information content (AvgIpc) is 2.71. The van der Waals surface area contributed by atoms with E-state index >= 15 is 0 Å². The highest BCUT2D eigenvalue weighted by Crippen LogP contribution is 2.25. The van der Waals surface area contributed by atoms with Gasteiger partial charge in [0, 0.05) is 24.2 Å². The summed E-state index contributed by atoms with van der Waals surface area (Å²) in [5.41, 5.74) is 2.35. The van der Waals surface area contributed by atoms with Crippen LogP contribution in [0.4, 0.5) is 11.6 Å². The lowest BCUT2D eigenvalue weighted by Crippen LogP contribution is -2.01. The van der Waals surface area contributed by atoms with Crippen molar-refractivity contribution in [1.29, 1.82) is 0 Å². The summed E-state index contributed by atoms with van der Waals surface area (Å²) in [6, 6.07) is 10.9. The first-order chi connectivity index (χ1) is 13.6. The maximum atomic E-state index is 11.6. The van der Waals surface area contributed by atoms with Crippen molar-refractivity contribution >= 4 is 17.4 Å². The quantitative estimate of drug-likeness (QED) is 0.594. The predicted molar refractivity (Wildman–Crippen MR) is 106 cm³/mol. The normalized spacial score (nSPS) is 10.2. The Morgan fingerprint density at radius 1 is 1.21 bits per heavy atom. The molecule has 142 valence electrons. The van der Waals surface area contributed by atoms with Gasteiger partial charge in [-0.1, -0.05) is 18.7 Å². The summed E-state index contributed by atoms with van der Waals surface area (Å²) >= 11 is 0. The van der Waals surface area contributed by atoms with Crippen LogP contribution in [0.25, 0.3) is 0 Å². The molecule has 3 rings (SSSR count). The number of rotatable bonds is 8. The molecule has 2 heterocycles. The third-order valence-corrected chi connectivity index (χ3v) is 3.85. The van der Waals surface area contributed by atoms with Crippen LogP contribution in [0.2, 0.25) is 0 Å². The molecule has 3 aromatic rings. The summed E-state index contributed by atoms with van der Waals surface area (Å²) in [5, 5.41) is 3.08. The Morgan fingerprint density at radius 2 is 2.07 bits per heavy atom. The summed E-state index contributed by atoms with van der Waals surface area (Å²) in [7, 11) is 1.56. The van der Waals surface area contributed by atoms with Crippen molar-refractivity contribution in [3.05, 3.63) is 72.6 Å². The number of benzene rings is 1. The molecule has 28 heavy (non-hydrogen) atoms. The smallest absolute Gasteiger partial charge is 0.230 e. The molecule has 7 nitrogen and oxygen atoms in total. The molecule has 0 fully saturated rings. The number of nitrogens with one attached hydrogen (secondary N) is 1. The highest BCUT2D eigenvalue weighted by atomic mass is 16.5. The number of aryl methyl sites for hydroxylation is 1. The summed E-state index contributed by atoms with van der Waals surface area (Å²) in [6.07, 6.45) is 4.89. The molecule has 0 spiro atoms. The number of allylic oxidation sites excluding steroid dienone is 1. The Hall–Kier alpha value is -3.74. The van der Waals surface area contributed by atoms with Crippen molar-refractivity contribution < 1.29 is 14.3 Å². The Labute approximate surface area is 163 Å². The van der Waals surface area contributed by atoms with Crippen molar-refractivity contribution in [3.63, 3.8) is 0 Å². The van der Waals surface area contributed by atoms with Crippen LogP contribution in [0.3, 0.4) is 0 Å². The third-order valence-electron chi connectivity index (χ3n) is 3.85. The van der Waals surface area contributed by atoms with Gasteiger partial charge in [-0.2, -0.15) is 4.98 Å². The summed E-state index contributed by atoms with van der Waals surface area (Å²) < 4.78 is 11.0. The number of ether oxygens (including phenoxy) is 2. The number of carbonyl (C=O) groups excluding carboxylic acids is 1. The summed E-state index contributed by atoms with van der Waals surface area (Å²) in [5.74, 6) is 1.87. The Morgan fingerprint density at radius 3 is 2.79 bits per heavy atom. The van der Waals surface area contributed by atoms with Crippen LogP contribution < -0.4 is 14.8 Å². The van der Waals surface area contributed by atoms with Crippen LogP contribution in [-0.2, 0) is 11.2 Å². The largest absolute Gasteiger partial charge is 0.481 e. The second-order valence-electron chi connectivity index (χ2n) is 5.99. The molecule has 0 bridgehead atoms. The summed E-state index contributed by atoms with van der Waals surface area (Å²) in [4.78, 5) is 24.4. The number of methoxy groups -OCH3 is 1. The number of ketones is 1. The van der Waals surface area contributed by atoms with E-state index in [1.807, 2.05) is 37.3 Å². The van der Waals surface area contributed by atoms with Crippen molar-refractivity contribution in [2.75, 3.05) is 12.4 Å². The van der Waals surface area contributed by atoms with Crippen LogP contribution in [0.1, 0.15) is 11.1 Å². The Bertz CT molecular complexity index is 987. The standard InChI is InChI=1S/C21H20N4O3/c1-4-17(26)10-15-6-5-7-18(11-15)28-20-14(2)12-23-21(25-20)24-16-8-9-19(27-3)22-13-16/h4-9,11-13H,1,10H2,2-3H3,(H,23,24,25). The molecule has 0 radical (unpaired) electrons. The lowest BCUT2D eigenvalue weighted by atomic mass is 10.1. The molecular formula is C21H20N4O3. The Balaban J connectivity index is 1.77. The van der Waals surface area contributed by atoms with Crippen molar-refractivity contribution in [2.24, 2.45) is 0 Å². The van der Waals surface area contributed by atoms with Gasteiger partial charge in [0.05, 0.1) is 19.0 Å². The first-order valence-electron chi connectivity index (χ1n) is 8.60. The van der Waals surface area contributed by atoms with Crippen LogP contribution in [0.15, 0.2) is 61.4 Å². The van der Waals surface area contributed by atoms with E-state index in [4.69, 9.17) is 9.47 Å². The molecule has 7 heteroatoms. The van der Waals surface area contributed by atoms with Crippen LogP contribution >= 0.6 is 0 Å². The van der Waals surface area contributed by atoms with Crippen LogP contribution in [0.5, 0.6) is 17.5 Å². The minimum Gasteiger partial charge on any atom is -0.481 e. The van der Waals surface area contributed by atoms with E-state index in [0.29, 0.717) is 23.5 Å². The van der Waals surface area contributed by atoms with E-state index < -0.39 is 0 Å². The van der Waals surface area contributed by atoms with E-state index in [1.165, 1.54) is 6.08 Å². The van der Waals surface area contributed by atoms with Crippen LogP contribution in [-0.4, -0.2) is 27.8 Å². The molecular weight excluding hydrogens is 356 g/mol. The summed E-state index contributed by atoms with van der Waals surface area (Å²) in [6.45, 7) is 5.36. The molecule has 0 atom stereocenters. The van der Waals surface area contributed by atoms with Gasteiger partial charge in [0.1, 0.15) is 5.75 Å². The molecule has 0 saturated carbocycles. The highest BCUT2D eigenvalue weighted by Gasteiger charge is 2.09. The maximum absolute atomic E-state index is 11.6. The molecule has 0 aliphatic rings. The second-order valence-corrected chi connectivity index (χ2v) is 5.99. The van der Waals surface area contributed by atoms with Crippen LogP contribution in [0, 0.1) is 6.92 Å². The van der Waals surface area contributed by atoms with Gasteiger partial charge in [0.2, 0.25) is 17.7 Å². The fraction of sp³-hybridized carbons (Fsp3) is 0.143. The average molecular weight is 376 g/mol. The predicted octanol–water partition coefficient (Wildman–Crippen LogP) is 4.02. The van der Waals surface area contributed by atoms with Gasteiger partial charge in [0.25, 0.3) is 0 Å². The zero-order chi connectivity index (χ0) is 19.9. The number of carbonyl (C=O) groups is 1. The highest BCUT2D eigenvalue weighted by molar-refractivity contribution is 5.90. The molecule has 0 amide bonds. The van der Waals surface area contributed by atoms with E-state index in [0.717, 1.165) is 16.8 Å². The molecule has 1 aromatic carbocycles. The number of hydrogen-bond donors (Lipinski definition) is 1. The number of nitrogens with zero attached hydrogens (tertiary/aromatic N) is 3. The number of hydrogen-bond acceptors (Lipinski definition) is 7. The maximum Gasteiger partial charge on any atom is 0.230 e. The van der Waals surface area contributed by atoms with E-state index in [2.05, 4.69) is 26.8 Å². The lowest BCUT2D eigenvalue weighted by molar-refractivity contribution is -0.114. The minimum atomic E-state index is -0.0463. The van der Waals surface area contributed by atoms with Gasteiger partial charge < -0.3 is 14.8 Å². The molecule has 0 saturated heterocycles. The third kappa shape index (κ3) is 4.91. The van der Waals surface area contributed by atoms with Gasteiger partial charge in [-0.3, -0.25) is 4.79 Å². The number of pyridine rings is 1. The van der Waals surface area contributed by atoms with Gasteiger partial charge in [0.15, 0.2) is 5.78 Å². The monoisotopic (exact) mass is 376 g/mol. The SMILES string of the molecule is C=CC(=O)Cc1cccc(Oc2nc(Nc3ccc(OC)nc3)ncc2C)c1. The van der Waals surface area contributed by atoms with E-state index in [9.17, 15) is 4.79 Å². The topological polar surface area (TPSA) is 86.2 Å². The van der Waals surface area contributed by atoms with E-state index in [-0.39, 0.29) is 12.2 Å². The molecule has 0 aliphatic carbocycles. The van der Waals surface area contributed by atoms with E-state index in [1.54, 1.807) is 25.6 Å². The molecule has 2 aromatic heterocycles. The minimum absolute atomic E-state index is 0.0463. The van der Waals surface area contributed by atoms with Crippen molar-refractivity contribution in [1.82, 2.24) is 15.0 Å². The number of anilines is 2. The van der Waals surface area contributed by atoms with Gasteiger partial charge >= 0.3 is 0 Å². The van der Waals surface area contributed by atoms with Gasteiger partial charge in [-0.15, -0.1) is 0 Å². The molecule has 0 unspecified atom stereocenters. The fourth-order valence-corrected chi connectivity index (χ4v) is 2.40. The lowest BCUT2D eigenvalue weighted by Gasteiger charge is -2.11. The van der Waals surface area contributed by atoms with Crippen molar-refractivity contribution in [3.8, 4) is 17.5 Å². The fourth-order valence-electron chi connectivity index (χ4n) is 2.40. The zero-order valence-electron chi connectivity index (χ0n) is 15.7. The van der Waals surface area contributed by atoms with Gasteiger partial charge in [-0.05, 0) is 36.8 Å². The van der Waals surface area contributed by atoms with Crippen molar-refractivity contribution in [2.45, 2.75) is 13.3 Å². The Kier molecular flexibility index (Phi) is 5.96. The first-order valence-corrected chi connectivity index (χ1v) is 8.60. The van der Waals surface area contributed by atoms with Gasteiger partial charge in [-0.25, -0.2) is 9.97 Å². The number of aromatic nitrogens is 3. The molecule has 0 aliphatic heterocycles.